The number of aromatic nitrogens is 2. The molecular formula is C14H20N4S. The van der Waals surface area contributed by atoms with E-state index in [-0.39, 0.29) is 0 Å². The van der Waals surface area contributed by atoms with Gasteiger partial charge in [0.05, 0.1) is 5.56 Å². The number of anilines is 2. The van der Waals surface area contributed by atoms with Gasteiger partial charge >= 0.3 is 0 Å². The summed E-state index contributed by atoms with van der Waals surface area (Å²) in [6.45, 7) is 6.62. The molecule has 5 heteroatoms. The molecule has 0 spiro atoms. The van der Waals surface area contributed by atoms with Crippen LogP contribution in [0.2, 0.25) is 0 Å². The third kappa shape index (κ3) is 3.04. The van der Waals surface area contributed by atoms with Gasteiger partial charge in [-0.2, -0.15) is 4.37 Å². The van der Waals surface area contributed by atoms with Crippen LogP contribution in [0.5, 0.6) is 0 Å². The lowest BCUT2D eigenvalue weighted by molar-refractivity contribution is 0.512. The van der Waals surface area contributed by atoms with Crippen LogP contribution < -0.4 is 11.1 Å². The molecule has 102 valence electrons. The fraction of sp³-hybridized carbons (Fsp3) is 0.429. The van der Waals surface area contributed by atoms with E-state index >= 15 is 0 Å². The standard InChI is InChI=1S/C14H20N4S/c1-4-11(9(2)3)17-14-12(13(15)18-19-14)10-6-5-7-16-8-10/h5-9,11,17H,4H2,1-3H3,(H2,15,18). The fourth-order valence-electron chi connectivity index (χ4n) is 2.10. The van der Waals surface area contributed by atoms with Crippen LogP contribution in [0.25, 0.3) is 11.1 Å². The topological polar surface area (TPSA) is 63.8 Å². The van der Waals surface area contributed by atoms with Crippen LogP contribution in [-0.2, 0) is 0 Å². The zero-order valence-corrected chi connectivity index (χ0v) is 12.4. The molecule has 0 fully saturated rings. The molecule has 1 atom stereocenters. The Morgan fingerprint density at radius 2 is 2.21 bits per heavy atom. The Balaban J connectivity index is 2.33. The molecule has 0 aliphatic heterocycles. The minimum Gasteiger partial charge on any atom is -0.382 e. The van der Waals surface area contributed by atoms with E-state index in [0.29, 0.717) is 17.8 Å². The van der Waals surface area contributed by atoms with Gasteiger partial charge in [-0.15, -0.1) is 0 Å². The van der Waals surface area contributed by atoms with Crippen molar-refractivity contribution in [2.45, 2.75) is 33.2 Å². The van der Waals surface area contributed by atoms with Crippen molar-refractivity contribution in [2.24, 2.45) is 5.92 Å². The Kier molecular flexibility index (Phi) is 4.37. The molecule has 4 nitrogen and oxygen atoms in total. The number of hydrogen-bond acceptors (Lipinski definition) is 5. The molecule has 2 heterocycles. The first kappa shape index (κ1) is 13.8. The van der Waals surface area contributed by atoms with E-state index < -0.39 is 0 Å². The van der Waals surface area contributed by atoms with Gasteiger partial charge in [0.15, 0.2) is 0 Å². The summed E-state index contributed by atoms with van der Waals surface area (Å²) >= 11 is 1.42. The maximum atomic E-state index is 6.00. The normalized spacial score (nSPS) is 12.6. The molecular weight excluding hydrogens is 256 g/mol. The second-order valence-electron chi connectivity index (χ2n) is 4.92. The van der Waals surface area contributed by atoms with Gasteiger partial charge in [0, 0.05) is 24.0 Å². The van der Waals surface area contributed by atoms with Crippen LogP contribution in [0.15, 0.2) is 24.5 Å². The third-order valence-corrected chi connectivity index (χ3v) is 4.02. The molecule has 19 heavy (non-hydrogen) atoms. The molecule has 0 aromatic carbocycles. The average Bonchev–Trinajstić information content (AvgIpc) is 2.77. The minimum absolute atomic E-state index is 0.426. The summed E-state index contributed by atoms with van der Waals surface area (Å²) in [6.07, 6.45) is 4.65. The molecule has 0 aliphatic rings. The number of hydrogen-bond donors (Lipinski definition) is 2. The molecule has 0 bridgehead atoms. The van der Waals surface area contributed by atoms with Crippen LogP contribution >= 0.6 is 11.5 Å². The lowest BCUT2D eigenvalue weighted by Crippen LogP contribution is -2.24. The van der Waals surface area contributed by atoms with E-state index in [1.165, 1.54) is 11.5 Å². The van der Waals surface area contributed by atoms with E-state index in [9.17, 15) is 0 Å². The van der Waals surface area contributed by atoms with Gasteiger partial charge in [0.2, 0.25) is 0 Å². The van der Waals surface area contributed by atoms with Crippen LogP contribution in [0.4, 0.5) is 10.8 Å². The zero-order valence-electron chi connectivity index (χ0n) is 11.6. The predicted octanol–water partition coefficient (Wildman–Crippen LogP) is 3.63. The first-order valence-electron chi connectivity index (χ1n) is 6.55. The highest BCUT2D eigenvalue weighted by Crippen LogP contribution is 2.37. The molecule has 0 radical (unpaired) electrons. The van der Waals surface area contributed by atoms with Crippen molar-refractivity contribution in [3.05, 3.63) is 24.5 Å². The largest absolute Gasteiger partial charge is 0.382 e. The van der Waals surface area contributed by atoms with Gasteiger partial charge < -0.3 is 11.1 Å². The van der Waals surface area contributed by atoms with Crippen molar-refractivity contribution in [3.63, 3.8) is 0 Å². The third-order valence-electron chi connectivity index (χ3n) is 3.23. The summed E-state index contributed by atoms with van der Waals surface area (Å²) in [5, 5.41) is 4.60. The molecule has 0 saturated heterocycles. The Bertz CT molecular complexity index is 521. The first-order chi connectivity index (χ1) is 9.13. The van der Waals surface area contributed by atoms with Gasteiger partial charge in [-0.25, -0.2) is 0 Å². The van der Waals surface area contributed by atoms with E-state index in [0.717, 1.165) is 22.5 Å². The van der Waals surface area contributed by atoms with Crippen molar-refractivity contribution in [1.29, 1.82) is 0 Å². The molecule has 0 amide bonds. The SMILES string of the molecule is CCC(Nc1snc(N)c1-c1cccnc1)C(C)C. The van der Waals surface area contributed by atoms with Gasteiger partial charge in [-0.3, -0.25) is 4.98 Å². The van der Waals surface area contributed by atoms with Crippen molar-refractivity contribution in [3.8, 4) is 11.1 Å². The van der Waals surface area contributed by atoms with E-state index in [1.807, 2.05) is 18.3 Å². The van der Waals surface area contributed by atoms with Crippen LogP contribution in [0.1, 0.15) is 27.2 Å². The Hall–Kier alpha value is -1.62. The first-order valence-corrected chi connectivity index (χ1v) is 7.32. The number of nitrogens with one attached hydrogen (secondary N) is 1. The molecule has 2 rings (SSSR count). The smallest absolute Gasteiger partial charge is 0.147 e. The van der Waals surface area contributed by atoms with Crippen LogP contribution in [0, 0.1) is 5.92 Å². The Morgan fingerprint density at radius 3 is 2.79 bits per heavy atom. The lowest BCUT2D eigenvalue weighted by Gasteiger charge is -2.21. The van der Waals surface area contributed by atoms with Gasteiger partial charge in [0.1, 0.15) is 10.8 Å². The van der Waals surface area contributed by atoms with E-state index in [4.69, 9.17) is 5.73 Å². The fourth-order valence-corrected chi connectivity index (χ4v) is 2.90. The number of rotatable bonds is 5. The lowest BCUT2D eigenvalue weighted by atomic mass is 10.0. The Labute approximate surface area is 118 Å². The molecule has 2 aromatic rings. The van der Waals surface area contributed by atoms with Gasteiger partial charge in [0.25, 0.3) is 0 Å². The maximum absolute atomic E-state index is 6.00. The Morgan fingerprint density at radius 1 is 1.42 bits per heavy atom. The highest BCUT2D eigenvalue weighted by atomic mass is 32.1. The van der Waals surface area contributed by atoms with E-state index in [2.05, 4.69) is 35.4 Å². The maximum Gasteiger partial charge on any atom is 0.147 e. The zero-order chi connectivity index (χ0) is 13.8. The summed E-state index contributed by atoms with van der Waals surface area (Å²) in [5.74, 6) is 1.13. The monoisotopic (exact) mass is 276 g/mol. The highest BCUT2D eigenvalue weighted by Gasteiger charge is 2.18. The second-order valence-corrected chi connectivity index (χ2v) is 5.69. The quantitative estimate of drug-likeness (QED) is 0.875. The summed E-state index contributed by atoms with van der Waals surface area (Å²) in [6, 6.07) is 4.35. The molecule has 3 N–H and O–H groups in total. The summed E-state index contributed by atoms with van der Waals surface area (Å²) in [7, 11) is 0. The highest BCUT2D eigenvalue weighted by molar-refractivity contribution is 7.11. The van der Waals surface area contributed by atoms with Crippen LogP contribution in [-0.4, -0.2) is 15.4 Å². The summed E-state index contributed by atoms with van der Waals surface area (Å²) < 4.78 is 4.27. The summed E-state index contributed by atoms with van der Waals surface area (Å²) in [5.41, 5.74) is 7.98. The van der Waals surface area contributed by atoms with Crippen molar-refractivity contribution in [2.75, 3.05) is 11.1 Å². The van der Waals surface area contributed by atoms with E-state index in [1.54, 1.807) is 6.20 Å². The number of nitrogens with two attached hydrogens (primary N) is 1. The predicted molar refractivity (Wildman–Crippen MR) is 82.3 cm³/mol. The van der Waals surface area contributed by atoms with Gasteiger partial charge in [-0.05, 0) is 29.9 Å². The number of nitrogen functional groups attached to an aromatic ring is 1. The van der Waals surface area contributed by atoms with Crippen molar-refractivity contribution in [1.82, 2.24) is 9.36 Å². The number of nitrogens with zero attached hydrogens (tertiary/aromatic N) is 2. The molecule has 0 saturated carbocycles. The summed E-state index contributed by atoms with van der Waals surface area (Å²) in [4.78, 5) is 4.15. The molecule has 0 aliphatic carbocycles. The van der Waals surface area contributed by atoms with Crippen molar-refractivity contribution >= 4 is 22.4 Å². The van der Waals surface area contributed by atoms with Crippen LogP contribution in [0.3, 0.4) is 0 Å². The average molecular weight is 276 g/mol. The van der Waals surface area contributed by atoms with Gasteiger partial charge in [-0.1, -0.05) is 26.8 Å². The molecule has 1 unspecified atom stereocenters. The second kappa shape index (κ2) is 6.02. The minimum atomic E-state index is 0.426. The van der Waals surface area contributed by atoms with Crippen molar-refractivity contribution < 1.29 is 0 Å². The molecule has 2 aromatic heterocycles. The number of pyridine rings is 1.